The molecule has 1 nitrogen and oxygen atoms in total. The van der Waals surface area contributed by atoms with E-state index in [4.69, 9.17) is 0 Å². The van der Waals surface area contributed by atoms with Crippen molar-refractivity contribution in [2.45, 2.75) is 25.9 Å². The van der Waals surface area contributed by atoms with Crippen molar-refractivity contribution in [3.05, 3.63) is 0 Å². The quantitative estimate of drug-likeness (QED) is 0.566. The Morgan fingerprint density at radius 2 is 2.44 bits per heavy atom. The summed E-state index contributed by atoms with van der Waals surface area (Å²) in [6.45, 7) is 3.60. The van der Waals surface area contributed by atoms with E-state index in [-0.39, 0.29) is 5.92 Å². The maximum atomic E-state index is 12.5. The third kappa shape index (κ3) is 1.94. The second kappa shape index (κ2) is 3.16. The molecule has 9 heavy (non-hydrogen) atoms. The number of alkyl halides is 1. The van der Waals surface area contributed by atoms with Crippen molar-refractivity contribution in [3.8, 4) is 0 Å². The molecule has 0 bridgehead atoms. The third-order valence-electron chi connectivity index (χ3n) is 1.98. The Labute approximate surface area is 55.6 Å². The Balaban J connectivity index is 2.23. The molecule has 0 unspecified atom stereocenters. The van der Waals surface area contributed by atoms with Gasteiger partial charge in [-0.2, -0.15) is 0 Å². The molecule has 0 radical (unpaired) electrons. The lowest BCUT2D eigenvalue weighted by Crippen LogP contribution is -2.33. The van der Waals surface area contributed by atoms with Gasteiger partial charge in [0.15, 0.2) is 0 Å². The zero-order chi connectivity index (χ0) is 6.69. The fraction of sp³-hybridized carbons (Fsp3) is 1.00. The molecule has 0 amide bonds. The monoisotopic (exact) mass is 131 g/mol. The van der Waals surface area contributed by atoms with Gasteiger partial charge in [0.2, 0.25) is 0 Å². The van der Waals surface area contributed by atoms with Gasteiger partial charge in [0.1, 0.15) is 6.17 Å². The van der Waals surface area contributed by atoms with Crippen LogP contribution in [0.5, 0.6) is 0 Å². The zero-order valence-corrected chi connectivity index (χ0v) is 5.86. The van der Waals surface area contributed by atoms with Crippen LogP contribution in [0.4, 0.5) is 4.39 Å². The van der Waals surface area contributed by atoms with E-state index in [1.165, 1.54) is 0 Å². The van der Waals surface area contributed by atoms with Crippen LogP contribution in [-0.4, -0.2) is 19.3 Å². The zero-order valence-electron chi connectivity index (χ0n) is 5.86. The SMILES string of the molecule is C[C@H](F)[C@@H]1CCCNC1. The second-order valence-electron chi connectivity index (χ2n) is 2.78. The molecular weight excluding hydrogens is 117 g/mol. The average Bonchev–Trinajstić information content (AvgIpc) is 1.90. The second-order valence-corrected chi connectivity index (χ2v) is 2.78. The maximum absolute atomic E-state index is 12.5. The number of hydrogen-bond acceptors (Lipinski definition) is 1. The number of rotatable bonds is 1. The summed E-state index contributed by atoms with van der Waals surface area (Å²) in [6.07, 6.45) is 1.57. The summed E-state index contributed by atoms with van der Waals surface area (Å²) in [5, 5.41) is 3.18. The molecule has 1 heterocycles. The van der Waals surface area contributed by atoms with E-state index in [0.29, 0.717) is 0 Å². The van der Waals surface area contributed by atoms with Crippen molar-refractivity contribution >= 4 is 0 Å². The van der Waals surface area contributed by atoms with Gasteiger partial charge >= 0.3 is 0 Å². The van der Waals surface area contributed by atoms with Crippen LogP contribution in [0.2, 0.25) is 0 Å². The molecule has 0 saturated carbocycles. The van der Waals surface area contributed by atoms with E-state index < -0.39 is 6.17 Å². The van der Waals surface area contributed by atoms with Crippen molar-refractivity contribution in [1.82, 2.24) is 5.32 Å². The van der Waals surface area contributed by atoms with E-state index >= 15 is 0 Å². The standard InChI is InChI=1S/C7H14FN/c1-6(8)7-3-2-4-9-5-7/h6-7,9H,2-5H2,1H3/t6-,7+/m0/s1. The van der Waals surface area contributed by atoms with E-state index in [1.807, 2.05) is 0 Å². The van der Waals surface area contributed by atoms with Gasteiger partial charge in [0, 0.05) is 12.5 Å². The van der Waals surface area contributed by atoms with E-state index in [2.05, 4.69) is 5.32 Å². The molecule has 1 rings (SSSR count). The Morgan fingerprint density at radius 3 is 2.78 bits per heavy atom. The summed E-state index contributed by atoms with van der Waals surface area (Å²) in [5.74, 6) is 0.277. The van der Waals surface area contributed by atoms with Gasteiger partial charge in [-0.05, 0) is 26.3 Å². The molecule has 0 aromatic rings. The summed E-state index contributed by atoms with van der Waals surface area (Å²) in [4.78, 5) is 0. The number of hydrogen-bond donors (Lipinski definition) is 1. The summed E-state index contributed by atoms with van der Waals surface area (Å²) in [7, 11) is 0. The van der Waals surface area contributed by atoms with Gasteiger partial charge in [-0.25, -0.2) is 4.39 Å². The van der Waals surface area contributed by atoms with E-state index in [9.17, 15) is 4.39 Å². The van der Waals surface area contributed by atoms with Crippen LogP contribution in [0.25, 0.3) is 0 Å². The van der Waals surface area contributed by atoms with Crippen molar-refractivity contribution in [2.75, 3.05) is 13.1 Å². The fourth-order valence-corrected chi connectivity index (χ4v) is 1.27. The fourth-order valence-electron chi connectivity index (χ4n) is 1.27. The lowest BCUT2D eigenvalue weighted by Gasteiger charge is -2.23. The lowest BCUT2D eigenvalue weighted by atomic mass is 9.96. The first kappa shape index (κ1) is 7.00. The van der Waals surface area contributed by atoms with Gasteiger partial charge < -0.3 is 5.32 Å². The van der Waals surface area contributed by atoms with Crippen LogP contribution in [-0.2, 0) is 0 Å². The molecule has 0 aliphatic carbocycles. The molecule has 1 N–H and O–H groups in total. The highest BCUT2D eigenvalue weighted by Crippen LogP contribution is 2.15. The summed E-state index contributed by atoms with van der Waals surface area (Å²) in [5.41, 5.74) is 0. The van der Waals surface area contributed by atoms with Crippen molar-refractivity contribution in [1.29, 1.82) is 0 Å². The first-order valence-electron chi connectivity index (χ1n) is 3.65. The molecule has 2 heteroatoms. The van der Waals surface area contributed by atoms with Crippen LogP contribution >= 0.6 is 0 Å². The molecule has 1 fully saturated rings. The third-order valence-corrected chi connectivity index (χ3v) is 1.98. The minimum Gasteiger partial charge on any atom is -0.316 e. The highest BCUT2D eigenvalue weighted by molar-refractivity contribution is 4.72. The topological polar surface area (TPSA) is 12.0 Å². The van der Waals surface area contributed by atoms with Crippen molar-refractivity contribution in [3.63, 3.8) is 0 Å². The first-order valence-corrected chi connectivity index (χ1v) is 3.65. The molecule has 2 atom stereocenters. The summed E-state index contributed by atoms with van der Waals surface area (Å²) in [6, 6.07) is 0. The highest BCUT2D eigenvalue weighted by atomic mass is 19.1. The van der Waals surface area contributed by atoms with Crippen LogP contribution in [0, 0.1) is 5.92 Å². The van der Waals surface area contributed by atoms with Crippen LogP contribution < -0.4 is 5.32 Å². The molecule has 0 aromatic carbocycles. The lowest BCUT2D eigenvalue weighted by molar-refractivity contribution is 0.209. The number of nitrogens with one attached hydrogen (secondary N) is 1. The molecule has 54 valence electrons. The molecule has 0 aromatic heterocycles. The molecule has 1 saturated heterocycles. The van der Waals surface area contributed by atoms with Crippen LogP contribution in [0.1, 0.15) is 19.8 Å². The predicted octanol–water partition coefficient (Wildman–Crippen LogP) is 1.34. The Kier molecular flexibility index (Phi) is 2.46. The number of halogens is 1. The molecule has 0 spiro atoms. The average molecular weight is 131 g/mol. The first-order chi connectivity index (χ1) is 4.30. The summed E-state index contributed by atoms with van der Waals surface area (Å²) < 4.78 is 12.5. The minimum absolute atomic E-state index is 0.277. The Morgan fingerprint density at radius 1 is 1.67 bits per heavy atom. The summed E-state index contributed by atoms with van der Waals surface area (Å²) >= 11 is 0. The van der Waals surface area contributed by atoms with Gasteiger partial charge in [-0.1, -0.05) is 0 Å². The van der Waals surface area contributed by atoms with Crippen LogP contribution in [0.3, 0.4) is 0 Å². The van der Waals surface area contributed by atoms with Crippen LogP contribution in [0.15, 0.2) is 0 Å². The minimum atomic E-state index is -0.627. The Bertz CT molecular complexity index is 77.0. The highest BCUT2D eigenvalue weighted by Gasteiger charge is 2.18. The normalized spacial score (nSPS) is 32.0. The maximum Gasteiger partial charge on any atom is 0.101 e. The van der Waals surface area contributed by atoms with Gasteiger partial charge in [-0.15, -0.1) is 0 Å². The Hall–Kier alpha value is -0.110. The van der Waals surface area contributed by atoms with Crippen molar-refractivity contribution in [2.24, 2.45) is 5.92 Å². The number of piperidine rings is 1. The smallest absolute Gasteiger partial charge is 0.101 e. The largest absolute Gasteiger partial charge is 0.316 e. The van der Waals surface area contributed by atoms with Gasteiger partial charge in [-0.3, -0.25) is 0 Å². The molecule has 1 aliphatic heterocycles. The van der Waals surface area contributed by atoms with Gasteiger partial charge in [0.05, 0.1) is 0 Å². The predicted molar refractivity (Wildman–Crippen MR) is 36.2 cm³/mol. The molecule has 1 aliphatic rings. The van der Waals surface area contributed by atoms with Gasteiger partial charge in [0.25, 0.3) is 0 Å². The molecular formula is C7H14FN. The van der Waals surface area contributed by atoms with E-state index in [0.717, 1.165) is 25.9 Å². The van der Waals surface area contributed by atoms with E-state index in [1.54, 1.807) is 6.92 Å². The van der Waals surface area contributed by atoms with Crippen molar-refractivity contribution < 1.29 is 4.39 Å².